The van der Waals surface area contributed by atoms with Gasteiger partial charge in [0.25, 0.3) is 0 Å². The van der Waals surface area contributed by atoms with Crippen LogP contribution in [0.3, 0.4) is 0 Å². The number of nitrogens with zero attached hydrogens (tertiary/aromatic N) is 2. The van der Waals surface area contributed by atoms with Gasteiger partial charge in [0.1, 0.15) is 0 Å². The van der Waals surface area contributed by atoms with Crippen LogP contribution in [0.25, 0.3) is 0 Å². The molecule has 2 saturated heterocycles. The standard InChI is InChI=1S/C19H21F3N2O3/c1-2-17(25)23-10-15(24-8-4-7-18(24)26)16(11-23)27-12-13-5-3-6-14(9-13)19(20,21)22/h2-3,5-6,9,15-16H,1,4,7-8,10-12H2/t15-,16-/m1/s1. The predicted molar refractivity (Wildman–Crippen MR) is 91.5 cm³/mol. The predicted octanol–water partition coefficient (Wildman–Crippen LogP) is 2.61. The maximum absolute atomic E-state index is 12.9. The third kappa shape index (κ3) is 4.32. The van der Waals surface area contributed by atoms with Gasteiger partial charge in [0.15, 0.2) is 0 Å². The zero-order valence-electron chi connectivity index (χ0n) is 14.7. The Labute approximate surface area is 155 Å². The maximum atomic E-state index is 12.9. The maximum Gasteiger partial charge on any atom is 0.416 e. The van der Waals surface area contributed by atoms with Crippen molar-refractivity contribution in [2.75, 3.05) is 19.6 Å². The van der Waals surface area contributed by atoms with Crippen molar-refractivity contribution in [2.45, 2.75) is 37.8 Å². The first-order chi connectivity index (χ1) is 12.8. The van der Waals surface area contributed by atoms with Crippen molar-refractivity contribution in [1.82, 2.24) is 9.80 Å². The molecule has 1 aromatic carbocycles. The number of ether oxygens (including phenoxy) is 1. The topological polar surface area (TPSA) is 49.9 Å². The number of hydrogen-bond acceptors (Lipinski definition) is 3. The zero-order valence-corrected chi connectivity index (χ0v) is 14.7. The third-order valence-corrected chi connectivity index (χ3v) is 4.95. The van der Waals surface area contributed by atoms with Gasteiger partial charge in [-0.2, -0.15) is 13.2 Å². The molecule has 0 N–H and O–H groups in total. The summed E-state index contributed by atoms with van der Waals surface area (Å²) >= 11 is 0. The Morgan fingerprint density at radius 3 is 2.74 bits per heavy atom. The highest BCUT2D eigenvalue weighted by Crippen LogP contribution is 2.30. The second-order valence-electron chi connectivity index (χ2n) is 6.75. The highest BCUT2D eigenvalue weighted by Gasteiger charge is 2.42. The second kappa shape index (κ2) is 7.72. The summed E-state index contributed by atoms with van der Waals surface area (Å²) in [5.74, 6) is -0.239. The van der Waals surface area contributed by atoms with E-state index in [2.05, 4.69) is 6.58 Å². The van der Waals surface area contributed by atoms with Gasteiger partial charge in [-0.25, -0.2) is 0 Å². The number of carbonyl (C=O) groups is 2. The SMILES string of the molecule is C=CC(=O)N1C[C@@H](N2CCCC2=O)[C@H](OCc2cccc(C(F)(F)F)c2)C1. The average Bonchev–Trinajstić information content (AvgIpc) is 3.24. The van der Waals surface area contributed by atoms with E-state index < -0.39 is 17.8 Å². The molecule has 0 saturated carbocycles. The van der Waals surface area contributed by atoms with Crippen LogP contribution < -0.4 is 0 Å². The number of rotatable bonds is 5. The van der Waals surface area contributed by atoms with Gasteiger partial charge >= 0.3 is 6.18 Å². The summed E-state index contributed by atoms with van der Waals surface area (Å²) in [6, 6.07) is 4.67. The summed E-state index contributed by atoms with van der Waals surface area (Å²) in [7, 11) is 0. The molecule has 2 heterocycles. The van der Waals surface area contributed by atoms with Crippen molar-refractivity contribution < 1.29 is 27.5 Å². The quantitative estimate of drug-likeness (QED) is 0.736. The van der Waals surface area contributed by atoms with Crippen LogP contribution in [0.15, 0.2) is 36.9 Å². The number of amides is 2. The van der Waals surface area contributed by atoms with Crippen LogP contribution in [0, 0.1) is 0 Å². The first kappa shape index (κ1) is 19.4. The third-order valence-electron chi connectivity index (χ3n) is 4.95. The molecule has 27 heavy (non-hydrogen) atoms. The normalized spacial score (nSPS) is 23.1. The molecule has 146 valence electrons. The van der Waals surface area contributed by atoms with E-state index in [4.69, 9.17) is 4.74 Å². The first-order valence-corrected chi connectivity index (χ1v) is 8.78. The van der Waals surface area contributed by atoms with E-state index in [1.165, 1.54) is 12.1 Å². The lowest BCUT2D eigenvalue weighted by Crippen LogP contribution is -2.45. The molecule has 0 unspecified atom stereocenters. The fourth-order valence-electron chi connectivity index (χ4n) is 3.59. The van der Waals surface area contributed by atoms with Crippen LogP contribution in [-0.2, 0) is 27.1 Å². The van der Waals surface area contributed by atoms with Crippen LogP contribution in [0.4, 0.5) is 13.2 Å². The Morgan fingerprint density at radius 1 is 1.33 bits per heavy atom. The summed E-state index contributed by atoms with van der Waals surface area (Å²) in [6.07, 6.45) is -2.44. The monoisotopic (exact) mass is 382 g/mol. The molecular formula is C19H21F3N2O3. The van der Waals surface area contributed by atoms with Gasteiger partial charge in [-0.1, -0.05) is 18.7 Å². The molecular weight excluding hydrogens is 361 g/mol. The summed E-state index contributed by atoms with van der Waals surface area (Å²) < 4.78 is 44.4. The second-order valence-corrected chi connectivity index (χ2v) is 6.75. The fraction of sp³-hybridized carbons (Fsp3) is 0.474. The van der Waals surface area contributed by atoms with E-state index in [-0.39, 0.29) is 31.0 Å². The molecule has 2 fully saturated rings. The highest BCUT2D eigenvalue weighted by atomic mass is 19.4. The lowest BCUT2D eigenvalue weighted by molar-refractivity contribution is -0.138. The van der Waals surface area contributed by atoms with E-state index in [1.807, 2.05) is 0 Å². The Morgan fingerprint density at radius 2 is 2.11 bits per heavy atom. The van der Waals surface area contributed by atoms with Crippen LogP contribution in [0.2, 0.25) is 0 Å². The average molecular weight is 382 g/mol. The number of halogens is 3. The molecule has 2 aliphatic heterocycles. The Balaban J connectivity index is 1.72. The van der Waals surface area contributed by atoms with Gasteiger partial charge in [-0.05, 0) is 30.2 Å². The van der Waals surface area contributed by atoms with E-state index >= 15 is 0 Å². The summed E-state index contributed by atoms with van der Waals surface area (Å²) in [6.45, 7) is 4.66. The van der Waals surface area contributed by atoms with Crippen molar-refractivity contribution in [3.8, 4) is 0 Å². The molecule has 0 radical (unpaired) electrons. The number of carbonyl (C=O) groups excluding carboxylic acids is 2. The van der Waals surface area contributed by atoms with Crippen molar-refractivity contribution in [1.29, 1.82) is 0 Å². The van der Waals surface area contributed by atoms with Crippen LogP contribution in [0.5, 0.6) is 0 Å². The minimum Gasteiger partial charge on any atom is -0.369 e. The molecule has 8 heteroatoms. The van der Waals surface area contributed by atoms with E-state index in [0.717, 1.165) is 18.6 Å². The van der Waals surface area contributed by atoms with Gasteiger partial charge in [0.05, 0.1) is 24.3 Å². The molecule has 0 aromatic heterocycles. The Hall–Kier alpha value is -2.35. The largest absolute Gasteiger partial charge is 0.416 e. The molecule has 2 atom stereocenters. The Kier molecular flexibility index (Phi) is 5.55. The van der Waals surface area contributed by atoms with Gasteiger partial charge in [0.2, 0.25) is 11.8 Å². The lowest BCUT2D eigenvalue weighted by Gasteiger charge is -2.28. The lowest BCUT2D eigenvalue weighted by atomic mass is 10.1. The highest BCUT2D eigenvalue weighted by molar-refractivity contribution is 5.87. The van der Waals surface area contributed by atoms with E-state index in [0.29, 0.717) is 25.1 Å². The van der Waals surface area contributed by atoms with E-state index in [1.54, 1.807) is 15.9 Å². The van der Waals surface area contributed by atoms with Crippen molar-refractivity contribution in [3.63, 3.8) is 0 Å². The smallest absolute Gasteiger partial charge is 0.369 e. The first-order valence-electron chi connectivity index (χ1n) is 8.78. The minimum absolute atomic E-state index is 0.0144. The molecule has 2 aliphatic rings. The van der Waals surface area contributed by atoms with Crippen molar-refractivity contribution >= 4 is 11.8 Å². The molecule has 5 nitrogen and oxygen atoms in total. The van der Waals surface area contributed by atoms with Crippen LogP contribution >= 0.6 is 0 Å². The molecule has 2 amide bonds. The number of likely N-dealkylation sites (tertiary alicyclic amines) is 2. The summed E-state index contributed by atoms with van der Waals surface area (Å²) in [4.78, 5) is 27.3. The minimum atomic E-state index is -4.42. The zero-order chi connectivity index (χ0) is 19.6. The molecule has 1 aromatic rings. The molecule has 3 rings (SSSR count). The molecule has 0 spiro atoms. The number of hydrogen-bond donors (Lipinski definition) is 0. The summed E-state index contributed by atoms with van der Waals surface area (Å²) in [5, 5.41) is 0. The van der Waals surface area contributed by atoms with Gasteiger partial charge in [0, 0.05) is 26.1 Å². The molecule has 0 aliphatic carbocycles. The van der Waals surface area contributed by atoms with Gasteiger partial charge < -0.3 is 14.5 Å². The van der Waals surface area contributed by atoms with Crippen molar-refractivity contribution in [3.05, 3.63) is 48.0 Å². The number of benzene rings is 1. The van der Waals surface area contributed by atoms with Crippen LogP contribution in [-0.4, -0.2) is 53.4 Å². The molecule has 0 bridgehead atoms. The van der Waals surface area contributed by atoms with Gasteiger partial charge in [-0.15, -0.1) is 0 Å². The number of alkyl halides is 3. The van der Waals surface area contributed by atoms with E-state index in [9.17, 15) is 22.8 Å². The Bertz CT molecular complexity index is 735. The van der Waals surface area contributed by atoms with Gasteiger partial charge in [-0.3, -0.25) is 9.59 Å². The van der Waals surface area contributed by atoms with Crippen LogP contribution in [0.1, 0.15) is 24.0 Å². The summed E-state index contributed by atoms with van der Waals surface area (Å²) in [5.41, 5.74) is -0.338. The van der Waals surface area contributed by atoms with Crippen molar-refractivity contribution in [2.24, 2.45) is 0 Å². The fourth-order valence-corrected chi connectivity index (χ4v) is 3.59.